The van der Waals surface area contributed by atoms with Gasteiger partial charge >= 0.3 is 0 Å². The normalized spacial score (nSPS) is 10.6. The van der Waals surface area contributed by atoms with Crippen LogP contribution < -0.4 is 10.1 Å². The number of halogens is 1. The van der Waals surface area contributed by atoms with Gasteiger partial charge in [-0.05, 0) is 46.6 Å². The Morgan fingerprint density at radius 1 is 1.22 bits per heavy atom. The second kappa shape index (κ2) is 6.92. The van der Waals surface area contributed by atoms with Gasteiger partial charge in [-0.3, -0.25) is 0 Å². The van der Waals surface area contributed by atoms with Gasteiger partial charge in [0.25, 0.3) is 0 Å². The minimum atomic E-state index is 0.713. The van der Waals surface area contributed by atoms with Gasteiger partial charge < -0.3 is 10.1 Å². The van der Waals surface area contributed by atoms with Crippen molar-refractivity contribution in [1.82, 2.24) is 5.32 Å². The molecule has 2 nitrogen and oxygen atoms in total. The van der Waals surface area contributed by atoms with Crippen LogP contribution in [0.5, 0.6) is 5.75 Å². The maximum absolute atomic E-state index is 5.41. The number of ether oxygens (including phenoxy) is 1. The van der Waals surface area contributed by atoms with Crippen molar-refractivity contribution in [3.8, 4) is 5.75 Å². The van der Waals surface area contributed by atoms with Crippen molar-refractivity contribution in [3.63, 3.8) is 0 Å². The molecule has 0 bridgehead atoms. The van der Waals surface area contributed by atoms with Crippen molar-refractivity contribution in [2.45, 2.75) is 20.0 Å². The first kappa shape index (κ1) is 13.6. The van der Waals surface area contributed by atoms with E-state index in [1.807, 2.05) is 19.1 Å². The number of hydrogen-bond donors (Lipinski definition) is 1. The van der Waals surface area contributed by atoms with E-state index in [1.165, 1.54) is 10.4 Å². The lowest BCUT2D eigenvalue weighted by molar-refractivity contribution is 0.340. The lowest BCUT2D eigenvalue weighted by Crippen LogP contribution is -2.11. The topological polar surface area (TPSA) is 21.3 Å². The Morgan fingerprint density at radius 3 is 2.61 bits per heavy atom. The van der Waals surface area contributed by atoms with Gasteiger partial charge in [0, 0.05) is 27.8 Å². The SMILES string of the molecule is CCOc1ccc(CNCc2cc(Br)cs2)cc1. The molecule has 2 aromatic rings. The van der Waals surface area contributed by atoms with E-state index in [1.54, 1.807) is 11.3 Å². The highest BCUT2D eigenvalue weighted by Gasteiger charge is 1.98. The third-order valence-electron chi connectivity index (χ3n) is 2.48. The highest BCUT2D eigenvalue weighted by atomic mass is 79.9. The first-order chi connectivity index (χ1) is 8.78. The Bertz CT molecular complexity index is 481. The second-order valence-corrected chi connectivity index (χ2v) is 5.82. The van der Waals surface area contributed by atoms with Crippen LogP contribution in [0.25, 0.3) is 0 Å². The zero-order chi connectivity index (χ0) is 12.8. The van der Waals surface area contributed by atoms with E-state index in [-0.39, 0.29) is 0 Å². The van der Waals surface area contributed by atoms with Crippen molar-refractivity contribution in [2.75, 3.05) is 6.61 Å². The van der Waals surface area contributed by atoms with E-state index in [9.17, 15) is 0 Å². The monoisotopic (exact) mass is 325 g/mol. The molecule has 0 saturated carbocycles. The van der Waals surface area contributed by atoms with Crippen molar-refractivity contribution < 1.29 is 4.74 Å². The highest BCUT2D eigenvalue weighted by molar-refractivity contribution is 9.10. The molecular formula is C14H16BrNOS. The van der Waals surface area contributed by atoms with Crippen molar-refractivity contribution in [2.24, 2.45) is 0 Å². The minimum absolute atomic E-state index is 0.713. The molecular weight excluding hydrogens is 310 g/mol. The van der Waals surface area contributed by atoms with E-state index in [4.69, 9.17) is 4.74 Å². The average Bonchev–Trinajstić information content (AvgIpc) is 2.78. The molecule has 0 fully saturated rings. The first-order valence-electron chi connectivity index (χ1n) is 5.93. The highest BCUT2D eigenvalue weighted by Crippen LogP contribution is 2.19. The number of hydrogen-bond acceptors (Lipinski definition) is 3. The predicted octanol–water partition coefficient (Wildman–Crippen LogP) is 4.20. The van der Waals surface area contributed by atoms with Crippen LogP contribution in [0, 0.1) is 0 Å². The number of thiophene rings is 1. The van der Waals surface area contributed by atoms with Crippen LogP contribution in [0.1, 0.15) is 17.4 Å². The van der Waals surface area contributed by atoms with E-state index < -0.39 is 0 Å². The Hall–Kier alpha value is -0.840. The summed E-state index contributed by atoms with van der Waals surface area (Å²) in [5.41, 5.74) is 1.27. The lowest BCUT2D eigenvalue weighted by atomic mass is 10.2. The Labute approximate surface area is 120 Å². The van der Waals surface area contributed by atoms with Gasteiger partial charge in [-0.2, -0.15) is 0 Å². The summed E-state index contributed by atoms with van der Waals surface area (Å²) in [6.07, 6.45) is 0. The summed E-state index contributed by atoms with van der Waals surface area (Å²) in [5, 5.41) is 5.54. The number of rotatable bonds is 6. The molecule has 0 amide bonds. The van der Waals surface area contributed by atoms with Gasteiger partial charge in [-0.25, -0.2) is 0 Å². The molecule has 0 aliphatic rings. The van der Waals surface area contributed by atoms with Crippen LogP contribution >= 0.6 is 27.3 Å². The maximum Gasteiger partial charge on any atom is 0.119 e. The summed E-state index contributed by atoms with van der Waals surface area (Å²) >= 11 is 5.22. The second-order valence-electron chi connectivity index (χ2n) is 3.91. The van der Waals surface area contributed by atoms with Gasteiger partial charge in [0.1, 0.15) is 5.75 Å². The molecule has 0 unspecified atom stereocenters. The molecule has 0 aliphatic heterocycles. The molecule has 1 heterocycles. The smallest absolute Gasteiger partial charge is 0.119 e. The molecule has 0 spiro atoms. The quantitative estimate of drug-likeness (QED) is 0.859. The number of benzene rings is 1. The van der Waals surface area contributed by atoms with Crippen LogP contribution in [0.15, 0.2) is 40.2 Å². The zero-order valence-corrected chi connectivity index (χ0v) is 12.7. The van der Waals surface area contributed by atoms with Crippen molar-refractivity contribution in [3.05, 3.63) is 50.6 Å². The Kier molecular flexibility index (Phi) is 5.23. The molecule has 0 atom stereocenters. The Balaban J connectivity index is 1.79. The van der Waals surface area contributed by atoms with E-state index in [2.05, 4.69) is 44.8 Å². The fourth-order valence-electron chi connectivity index (χ4n) is 1.65. The van der Waals surface area contributed by atoms with E-state index >= 15 is 0 Å². The molecule has 0 radical (unpaired) electrons. The molecule has 1 aromatic carbocycles. The van der Waals surface area contributed by atoms with Gasteiger partial charge in [0.15, 0.2) is 0 Å². The van der Waals surface area contributed by atoms with Crippen LogP contribution in [0.4, 0.5) is 0 Å². The third-order valence-corrected chi connectivity index (χ3v) is 4.18. The van der Waals surface area contributed by atoms with Gasteiger partial charge in [-0.1, -0.05) is 12.1 Å². The molecule has 0 saturated heterocycles. The first-order valence-corrected chi connectivity index (χ1v) is 7.60. The van der Waals surface area contributed by atoms with E-state index in [0.29, 0.717) is 6.61 Å². The third kappa shape index (κ3) is 4.12. The standard InChI is InChI=1S/C14H16BrNOS/c1-2-17-13-5-3-11(4-6-13)8-16-9-14-7-12(15)10-18-14/h3-7,10,16H,2,8-9H2,1H3. The summed E-state index contributed by atoms with van der Waals surface area (Å²) in [6, 6.07) is 10.4. The summed E-state index contributed by atoms with van der Waals surface area (Å²) in [4.78, 5) is 1.34. The zero-order valence-electron chi connectivity index (χ0n) is 10.3. The average molecular weight is 326 g/mol. The summed E-state index contributed by atoms with van der Waals surface area (Å²) in [6.45, 7) is 4.49. The van der Waals surface area contributed by atoms with Gasteiger partial charge in [-0.15, -0.1) is 11.3 Å². The predicted molar refractivity (Wildman–Crippen MR) is 80.2 cm³/mol. The van der Waals surface area contributed by atoms with Crippen LogP contribution in [-0.2, 0) is 13.1 Å². The maximum atomic E-state index is 5.41. The fraction of sp³-hybridized carbons (Fsp3) is 0.286. The molecule has 1 N–H and O–H groups in total. The van der Waals surface area contributed by atoms with Gasteiger partial charge in [0.05, 0.1) is 6.61 Å². The fourth-order valence-corrected chi connectivity index (χ4v) is 3.07. The lowest BCUT2D eigenvalue weighted by Gasteiger charge is -2.06. The largest absolute Gasteiger partial charge is 0.494 e. The molecule has 4 heteroatoms. The van der Waals surface area contributed by atoms with Crippen molar-refractivity contribution >= 4 is 27.3 Å². The molecule has 18 heavy (non-hydrogen) atoms. The molecule has 0 aliphatic carbocycles. The van der Waals surface area contributed by atoms with Crippen LogP contribution in [0.2, 0.25) is 0 Å². The minimum Gasteiger partial charge on any atom is -0.494 e. The van der Waals surface area contributed by atoms with Crippen LogP contribution in [-0.4, -0.2) is 6.61 Å². The van der Waals surface area contributed by atoms with Crippen LogP contribution in [0.3, 0.4) is 0 Å². The van der Waals surface area contributed by atoms with Crippen molar-refractivity contribution in [1.29, 1.82) is 0 Å². The van der Waals surface area contributed by atoms with Gasteiger partial charge in [0.2, 0.25) is 0 Å². The summed E-state index contributed by atoms with van der Waals surface area (Å²) < 4.78 is 6.57. The number of nitrogens with one attached hydrogen (secondary N) is 1. The Morgan fingerprint density at radius 2 is 2.00 bits per heavy atom. The summed E-state index contributed by atoms with van der Waals surface area (Å²) in [5.74, 6) is 0.934. The summed E-state index contributed by atoms with van der Waals surface area (Å²) in [7, 11) is 0. The molecule has 1 aromatic heterocycles. The van der Waals surface area contributed by atoms with E-state index in [0.717, 1.165) is 23.3 Å². The molecule has 96 valence electrons. The molecule has 2 rings (SSSR count).